The normalized spacial score (nSPS) is 33.7. The van der Waals surface area contributed by atoms with Gasteiger partial charge in [0.25, 0.3) is 0 Å². The van der Waals surface area contributed by atoms with Crippen LogP contribution >= 0.6 is 0 Å². The molecule has 5 nitrogen and oxygen atoms in total. The highest BCUT2D eigenvalue weighted by molar-refractivity contribution is 5.84. The van der Waals surface area contributed by atoms with Crippen LogP contribution < -0.4 is 5.73 Å². The molecule has 0 saturated carbocycles. The van der Waals surface area contributed by atoms with Crippen molar-refractivity contribution < 1.29 is 27.9 Å². The van der Waals surface area contributed by atoms with Crippen LogP contribution in [0.15, 0.2) is 12.2 Å². The largest absolute Gasteiger partial charge is 0.481 e. The number of nitrogens with two attached hydrogens (primary N) is 1. The summed E-state index contributed by atoms with van der Waals surface area (Å²) in [6, 6.07) is -0.279. The number of carboxylic acid groups (broad SMARTS) is 1. The molecule has 2 aliphatic rings. The van der Waals surface area contributed by atoms with Gasteiger partial charge in [0.05, 0.1) is 5.92 Å². The average molecular weight is 292 g/mol. The molecular weight excluding hydrogens is 277 g/mol. The number of hydrogen-bond donors (Lipinski definition) is 2. The number of carbonyl (C=O) groups is 2. The van der Waals surface area contributed by atoms with E-state index in [2.05, 4.69) is 0 Å². The second kappa shape index (κ2) is 4.76. The van der Waals surface area contributed by atoms with Crippen molar-refractivity contribution in [2.24, 2.45) is 17.1 Å². The fourth-order valence-corrected chi connectivity index (χ4v) is 2.67. The van der Waals surface area contributed by atoms with Crippen LogP contribution in [0.5, 0.6) is 0 Å². The molecule has 0 spiro atoms. The highest BCUT2D eigenvalue weighted by Gasteiger charge is 2.64. The molecule has 0 aromatic rings. The summed E-state index contributed by atoms with van der Waals surface area (Å²) in [5, 5.41) is 8.91. The zero-order valence-electron chi connectivity index (χ0n) is 10.6. The molecule has 0 aromatic carbocycles. The Morgan fingerprint density at radius 2 is 2.00 bits per heavy atom. The van der Waals surface area contributed by atoms with Crippen LogP contribution in [0.3, 0.4) is 0 Å². The maximum absolute atomic E-state index is 13.0. The number of aliphatic carboxylic acids is 1. The number of carboxylic acids is 1. The zero-order chi connectivity index (χ0) is 15.1. The van der Waals surface area contributed by atoms with E-state index in [4.69, 9.17) is 10.8 Å². The van der Waals surface area contributed by atoms with Gasteiger partial charge in [-0.1, -0.05) is 12.2 Å². The molecular formula is C12H15F3N2O3. The van der Waals surface area contributed by atoms with Gasteiger partial charge in [-0.2, -0.15) is 13.2 Å². The van der Waals surface area contributed by atoms with Crippen molar-refractivity contribution in [3.8, 4) is 0 Å². The lowest BCUT2D eigenvalue weighted by Gasteiger charge is -2.27. The molecule has 1 fully saturated rings. The van der Waals surface area contributed by atoms with E-state index < -0.39 is 42.4 Å². The summed E-state index contributed by atoms with van der Waals surface area (Å²) in [6.45, 7) is -1.03. The summed E-state index contributed by atoms with van der Waals surface area (Å²) in [7, 11) is 0. The molecule has 8 heteroatoms. The van der Waals surface area contributed by atoms with Gasteiger partial charge in [0.15, 0.2) is 5.41 Å². The average Bonchev–Trinajstić information content (AvgIpc) is 2.93. The van der Waals surface area contributed by atoms with Crippen molar-refractivity contribution in [3.63, 3.8) is 0 Å². The minimum Gasteiger partial charge on any atom is -0.481 e. The van der Waals surface area contributed by atoms with Crippen LogP contribution in [-0.4, -0.2) is 47.2 Å². The van der Waals surface area contributed by atoms with Gasteiger partial charge in [0.1, 0.15) is 0 Å². The lowest BCUT2D eigenvalue weighted by atomic mass is 9.86. The minimum atomic E-state index is -4.88. The molecule has 3 atom stereocenters. The van der Waals surface area contributed by atoms with Crippen molar-refractivity contribution in [2.75, 3.05) is 13.1 Å². The highest BCUT2D eigenvalue weighted by atomic mass is 19.4. The maximum Gasteiger partial charge on any atom is 0.406 e. The number of alkyl halides is 3. The third-order valence-electron chi connectivity index (χ3n) is 3.97. The van der Waals surface area contributed by atoms with Crippen LogP contribution in [-0.2, 0) is 9.59 Å². The van der Waals surface area contributed by atoms with Gasteiger partial charge in [-0.05, 0) is 12.8 Å². The fourth-order valence-electron chi connectivity index (χ4n) is 2.67. The van der Waals surface area contributed by atoms with Gasteiger partial charge in [-0.25, -0.2) is 0 Å². The Hall–Kier alpha value is -1.57. The van der Waals surface area contributed by atoms with E-state index in [1.165, 1.54) is 0 Å². The molecule has 1 aliphatic heterocycles. The number of carbonyl (C=O) groups excluding carboxylic acids is 1. The Morgan fingerprint density at radius 1 is 1.35 bits per heavy atom. The summed E-state index contributed by atoms with van der Waals surface area (Å²) < 4.78 is 39.0. The Kier molecular flexibility index (Phi) is 3.53. The SMILES string of the molecule is NC1C=CC(C(=O)N2CCC(C(=O)O)(C(F)(F)F)C2)C1. The van der Waals surface area contributed by atoms with E-state index in [9.17, 15) is 22.8 Å². The Labute approximate surface area is 113 Å². The van der Waals surface area contributed by atoms with E-state index in [0.29, 0.717) is 6.42 Å². The number of likely N-dealkylation sites (tertiary alicyclic amines) is 1. The third kappa shape index (κ3) is 2.28. The number of amides is 1. The monoisotopic (exact) mass is 292 g/mol. The van der Waals surface area contributed by atoms with Gasteiger partial charge in [-0.15, -0.1) is 0 Å². The molecule has 3 N–H and O–H groups in total. The molecule has 1 amide bonds. The van der Waals surface area contributed by atoms with E-state index in [0.717, 1.165) is 4.90 Å². The van der Waals surface area contributed by atoms with E-state index in [1.807, 2.05) is 0 Å². The lowest BCUT2D eigenvalue weighted by molar-refractivity contribution is -0.227. The van der Waals surface area contributed by atoms with Crippen molar-refractivity contribution in [2.45, 2.75) is 25.1 Å². The summed E-state index contributed by atoms with van der Waals surface area (Å²) in [5.41, 5.74) is 2.75. The molecule has 20 heavy (non-hydrogen) atoms. The maximum atomic E-state index is 13.0. The van der Waals surface area contributed by atoms with Gasteiger partial charge in [0, 0.05) is 19.1 Å². The number of hydrogen-bond acceptors (Lipinski definition) is 3. The molecule has 3 unspecified atom stereocenters. The number of rotatable bonds is 2. The first kappa shape index (κ1) is 14.8. The summed E-state index contributed by atoms with van der Waals surface area (Å²) in [5.74, 6) is -2.97. The number of halogens is 3. The first-order chi connectivity index (χ1) is 9.17. The quantitative estimate of drug-likeness (QED) is 0.736. The number of nitrogens with zero attached hydrogens (tertiary/aromatic N) is 1. The Morgan fingerprint density at radius 3 is 2.40 bits per heavy atom. The zero-order valence-corrected chi connectivity index (χ0v) is 10.6. The minimum absolute atomic E-state index is 0.204. The second-order valence-corrected chi connectivity index (χ2v) is 5.29. The van der Waals surface area contributed by atoms with Crippen molar-refractivity contribution in [1.82, 2.24) is 4.90 Å². The van der Waals surface area contributed by atoms with Crippen LogP contribution in [0.25, 0.3) is 0 Å². The third-order valence-corrected chi connectivity index (χ3v) is 3.97. The molecule has 1 aliphatic carbocycles. The summed E-state index contributed by atoms with van der Waals surface area (Å²) >= 11 is 0. The van der Waals surface area contributed by atoms with Crippen LogP contribution in [0.1, 0.15) is 12.8 Å². The predicted octanol–water partition coefficient (Wildman–Crippen LogP) is 0.755. The van der Waals surface area contributed by atoms with Gasteiger partial charge < -0.3 is 15.7 Å². The molecule has 1 saturated heterocycles. The van der Waals surface area contributed by atoms with Crippen molar-refractivity contribution >= 4 is 11.9 Å². The topological polar surface area (TPSA) is 83.6 Å². The Bertz CT molecular complexity index is 463. The van der Waals surface area contributed by atoms with Crippen LogP contribution in [0.2, 0.25) is 0 Å². The molecule has 2 rings (SSSR count). The van der Waals surface area contributed by atoms with Crippen LogP contribution in [0, 0.1) is 11.3 Å². The highest BCUT2D eigenvalue weighted by Crippen LogP contribution is 2.46. The molecule has 0 radical (unpaired) electrons. The molecule has 0 bridgehead atoms. The van der Waals surface area contributed by atoms with Gasteiger partial charge in [-0.3, -0.25) is 9.59 Å². The molecule has 112 valence electrons. The van der Waals surface area contributed by atoms with Crippen LogP contribution in [0.4, 0.5) is 13.2 Å². The van der Waals surface area contributed by atoms with Gasteiger partial charge >= 0.3 is 12.1 Å². The van der Waals surface area contributed by atoms with Crippen molar-refractivity contribution in [1.29, 1.82) is 0 Å². The second-order valence-electron chi connectivity index (χ2n) is 5.29. The predicted molar refractivity (Wildman–Crippen MR) is 62.5 cm³/mol. The van der Waals surface area contributed by atoms with Gasteiger partial charge in [0.2, 0.25) is 5.91 Å². The summed E-state index contributed by atoms with van der Waals surface area (Å²) in [6.07, 6.45) is -1.94. The first-order valence-electron chi connectivity index (χ1n) is 6.20. The van der Waals surface area contributed by atoms with E-state index in [-0.39, 0.29) is 12.6 Å². The van der Waals surface area contributed by atoms with E-state index >= 15 is 0 Å². The Balaban J connectivity index is 2.13. The van der Waals surface area contributed by atoms with Crippen molar-refractivity contribution in [3.05, 3.63) is 12.2 Å². The fraction of sp³-hybridized carbons (Fsp3) is 0.667. The smallest absolute Gasteiger partial charge is 0.406 e. The first-order valence-corrected chi connectivity index (χ1v) is 6.20. The molecule has 1 heterocycles. The summed E-state index contributed by atoms with van der Waals surface area (Å²) in [4.78, 5) is 24.1. The van der Waals surface area contributed by atoms with E-state index in [1.54, 1.807) is 12.2 Å². The molecule has 0 aromatic heterocycles. The standard InChI is InChI=1S/C12H15F3N2O3/c13-12(14,15)11(10(19)20)3-4-17(6-11)9(18)7-1-2-8(16)5-7/h1-2,7-8H,3-6,16H2,(H,19,20). The lowest BCUT2D eigenvalue weighted by Crippen LogP contribution is -2.48.